The van der Waals surface area contributed by atoms with Crippen LogP contribution in [-0.2, 0) is 6.42 Å². The van der Waals surface area contributed by atoms with Gasteiger partial charge in [-0.05, 0) is 37.6 Å². The smallest absolute Gasteiger partial charge is 0.165 e. The lowest BCUT2D eigenvalue weighted by molar-refractivity contribution is 0.386. The van der Waals surface area contributed by atoms with Crippen molar-refractivity contribution in [1.82, 2.24) is 5.32 Å². The van der Waals surface area contributed by atoms with E-state index in [0.717, 1.165) is 18.4 Å². The van der Waals surface area contributed by atoms with Crippen LogP contribution >= 0.6 is 0 Å². The van der Waals surface area contributed by atoms with Crippen LogP contribution in [0.2, 0.25) is 0 Å². The van der Waals surface area contributed by atoms with Gasteiger partial charge in [-0.15, -0.1) is 6.58 Å². The van der Waals surface area contributed by atoms with Gasteiger partial charge in [-0.25, -0.2) is 4.39 Å². The van der Waals surface area contributed by atoms with E-state index in [1.54, 1.807) is 6.07 Å². The molecule has 1 rings (SSSR count). The van der Waals surface area contributed by atoms with Gasteiger partial charge in [-0.1, -0.05) is 12.1 Å². The Balaban J connectivity index is 2.73. The highest BCUT2D eigenvalue weighted by molar-refractivity contribution is 5.29. The van der Waals surface area contributed by atoms with Gasteiger partial charge >= 0.3 is 0 Å². The number of halogens is 1. The second-order valence-corrected chi connectivity index (χ2v) is 3.68. The molecule has 0 aliphatic rings. The molecule has 2 nitrogen and oxygen atoms in total. The number of hydrogen-bond acceptors (Lipinski definition) is 2. The van der Waals surface area contributed by atoms with Crippen molar-refractivity contribution >= 4 is 0 Å². The monoisotopic (exact) mass is 223 g/mol. The lowest BCUT2D eigenvalue weighted by atomic mass is 10.0. The molecule has 1 unspecified atom stereocenters. The van der Waals surface area contributed by atoms with E-state index in [9.17, 15) is 4.39 Å². The number of rotatable bonds is 6. The molecule has 0 bridgehead atoms. The Kier molecular flexibility index (Phi) is 4.99. The molecule has 0 saturated heterocycles. The van der Waals surface area contributed by atoms with Crippen molar-refractivity contribution < 1.29 is 9.13 Å². The first-order valence-electron chi connectivity index (χ1n) is 5.31. The van der Waals surface area contributed by atoms with Crippen molar-refractivity contribution in [1.29, 1.82) is 0 Å². The van der Waals surface area contributed by atoms with Crippen molar-refractivity contribution in [3.63, 3.8) is 0 Å². The van der Waals surface area contributed by atoms with Gasteiger partial charge in [0.1, 0.15) is 0 Å². The second kappa shape index (κ2) is 6.28. The number of likely N-dealkylation sites (N-methyl/N-ethyl adjacent to an activating group) is 1. The Bertz CT molecular complexity index is 352. The van der Waals surface area contributed by atoms with E-state index in [1.165, 1.54) is 13.2 Å². The summed E-state index contributed by atoms with van der Waals surface area (Å²) in [6, 6.07) is 5.36. The molecule has 3 heteroatoms. The summed E-state index contributed by atoms with van der Waals surface area (Å²) in [6.45, 7) is 3.70. The van der Waals surface area contributed by atoms with E-state index in [1.807, 2.05) is 19.2 Å². The SMILES string of the molecule is C=CCC(Cc1ccc(OC)c(F)c1)NC. The first-order chi connectivity index (χ1) is 7.71. The van der Waals surface area contributed by atoms with Crippen LogP contribution in [0.15, 0.2) is 30.9 Å². The Hall–Kier alpha value is -1.35. The predicted octanol–water partition coefficient (Wildman–Crippen LogP) is 2.54. The summed E-state index contributed by atoms with van der Waals surface area (Å²) in [6.07, 6.45) is 3.51. The van der Waals surface area contributed by atoms with Gasteiger partial charge < -0.3 is 10.1 Å². The number of hydrogen-bond donors (Lipinski definition) is 1. The molecular weight excluding hydrogens is 205 g/mol. The minimum absolute atomic E-state index is 0.286. The first-order valence-corrected chi connectivity index (χ1v) is 5.31. The third kappa shape index (κ3) is 3.35. The van der Waals surface area contributed by atoms with E-state index in [4.69, 9.17) is 4.74 Å². The summed E-state index contributed by atoms with van der Waals surface area (Å²) in [5.41, 5.74) is 0.958. The number of benzene rings is 1. The van der Waals surface area contributed by atoms with Gasteiger partial charge in [0.05, 0.1) is 7.11 Å². The zero-order valence-corrected chi connectivity index (χ0v) is 9.79. The fourth-order valence-corrected chi connectivity index (χ4v) is 1.63. The summed E-state index contributed by atoms with van der Waals surface area (Å²) in [5, 5.41) is 3.17. The molecule has 0 aromatic heterocycles. The van der Waals surface area contributed by atoms with Gasteiger partial charge in [0, 0.05) is 6.04 Å². The molecule has 0 aliphatic heterocycles. The van der Waals surface area contributed by atoms with Crippen molar-refractivity contribution in [2.24, 2.45) is 0 Å². The fourth-order valence-electron chi connectivity index (χ4n) is 1.63. The average molecular weight is 223 g/mol. The maximum atomic E-state index is 13.4. The molecule has 0 fully saturated rings. The highest BCUT2D eigenvalue weighted by Crippen LogP contribution is 2.18. The first kappa shape index (κ1) is 12.7. The van der Waals surface area contributed by atoms with Gasteiger partial charge in [0.2, 0.25) is 0 Å². The third-order valence-corrected chi connectivity index (χ3v) is 2.56. The quantitative estimate of drug-likeness (QED) is 0.748. The van der Waals surface area contributed by atoms with E-state index in [2.05, 4.69) is 11.9 Å². The van der Waals surface area contributed by atoms with Gasteiger partial charge in [-0.3, -0.25) is 0 Å². The van der Waals surface area contributed by atoms with Crippen molar-refractivity contribution in [3.05, 3.63) is 42.2 Å². The van der Waals surface area contributed by atoms with Crippen molar-refractivity contribution in [3.8, 4) is 5.75 Å². The van der Waals surface area contributed by atoms with Crippen LogP contribution in [0.4, 0.5) is 4.39 Å². The van der Waals surface area contributed by atoms with Gasteiger partial charge in [0.25, 0.3) is 0 Å². The van der Waals surface area contributed by atoms with Crippen LogP contribution < -0.4 is 10.1 Å². The molecule has 0 spiro atoms. The molecule has 0 aliphatic carbocycles. The van der Waals surface area contributed by atoms with Gasteiger partial charge in [0.15, 0.2) is 11.6 Å². The van der Waals surface area contributed by atoms with Crippen LogP contribution in [0, 0.1) is 5.82 Å². The molecule has 16 heavy (non-hydrogen) atoms. The van der Waals surface area contributed by atoms with Crippen LogP contribution in [0.25, 0.3) is 0 Å². The summed E-state index contributed by atoms with van der Waals surface area (Å²) < 4.78 is 18.3. The molecule has 88 valence electrons. The Morgan fingerprint density at radius 2 is 2.31 bits per heavy atom. The zero-order valence-electron chi connectivity index (χ0n) is 9.79. The maximum absolute atomic E-state index is 13.4. The average Bonchev–Trinajstić information content (AvgIpc) is 2.28. The molecule has 0 amide bonds. The Morgan fingerprint density at radius 1 is 1.56 bits per heavy atom. The molecule has 0 radical (unpaired) electrons. The largest absolute Gasteiger partial charge is 0.494 e. The van der Waals surface area contributed by atoms with E-state index in [0.29, 0.717) is 6.04 Å². The van der Waals surface area contributed by atoms with Crippen LogP contribution in [-0.4, -0.2) is 20.2 Å². The highest BCUT2D eigenvalue weighted by Gasteiger charge is 2.08. The number of nitrogens with one attached hydrogen (secondary N) is 1. The molecular formula is C13H18FNO. The lowest BCUT2D eigenvalue weighted by Crippen LogP contribution is -2.26. The number of ether oxygens (including phenoxy) is 1. The van der Waals surface area contributed by atoms with Crippen LogP contribution in [0.5, 0.6) is 5.75 Å². The molecule has 0 saturated carbocycles. The lowest BCUT2D eigenvalue weighted by Gasteiger charge is -2.14. The molecule has 0 heterocycles. The highest BCUT2D eigenvalue weighted by atomic mass is 19.1. The summed E-state index contributed by atoms with van der Waals surface area (Å²) >= 11 is 0. The van der Waals surface area contributed by atoms with E-state index >= 15 is 0 Å². The predicted molar refractivity (Wildman–Crippen MR) is 64.3 cm³/mol. The fraction of sp³-hybridized carbons (Fsp3) is 0.385. The minimum Gasteiger partial charge on any atom is -0.494 e. The normalized spacial score (nSPS) is 12.2. The van der Waals surface area contributed by atoms with E-state index < -0.39 is 0 Å². The molecule has 1 atom stereocenters. The molecule has 1 aromatic rings. The maximum Gasteiger partial charge on any atom is 0.165 e. The summed E-state index contributed by atoms with van der Waals surface area (Å²) in [7, 11) is 3.36. The van der Waals surface area contributed by atoms with Gasteiger partial charge in [-0.2, -0.15) is 0 Å². The Labute approximate surface area is 96.1 Å². The molecule has 1 aromatic carbocycles. The third-order valence-electron chi connectivity index (χ3n) is 2.56. The zero-order chi connectivity index (χ0) is 12.0. The molecule has 1 N–H and O–H groups in total. The number of methoxy groups -OCH3 is 1. The van der Waals surface area contributed by atoms with Crippen LogP contribution in [0.3, 0.4) is 0 Å². The van der Waals surface area contributed by atoms with Crippen molar-refractivity contribution in [2.45, 2.75) is 18.9 Å². The van der Waals surface area contributed by atoms with E-state index in [-0.39, 0.29) is 11.6 Å². The van der Waals surface area contributed by atoms with Crippen molar-refractivity contribution in [2.75, 3.05) is 14.2 Å². The topological polar surface area (TPSA) is 21.3 Å². The minimum atomic E-state index is -0.312. The second-order valence-electron chi connectivity index (χ2n) is 3.68. The summed E-state index contributed by atoms with van der Waals surface area (Å²) in [5.74, 6) is -0.0260. The van der Waals surface area contributed by atoms with Crippen LogP contribution in [0.1, 0.15) is 12.0 Å². The summed E-state index contributed by atoms with van der Waals surface area (Å²) in [4.78, 5) is 0. The standard InChI is InChI=1S/C13H18FNO/c1-4-5-11(15-2)8-10-6-7-13(16-3)12(14)9-10/h4,6-7,9,11,15H,1,5,8H2,2-3H3. The Morgan fingerprint density at radius 3 is 2.81 bits per heavy atom.